The van der Waals surface area contributed by atoms with Crippen LogP contribution in [0.1, 0.15) is 39.8 Å². The zero-order valence-electron chi connectivity index (χ0n) is 16.9. The summed E-state index contributed by atoms with van der Waals surface area (Å²) in [4.78, 5) is 37.0. The van der Waals surface area contributed by atoms with E-state index < -0.39 is 36.4 Å². The molecular weight excluding hydrogens is 417 g/mol. The summed E-state index contributed by atoms with van der Waals surface area (Å²) in [7, 11) is 0. The summed E-state index contributed by atoms with van der Waals surface area (Å²) in [6.07, 6.45) is -4.20. The Kier molecular flexibility index (Phi) is 6.32. The molecule has 31 heavy (non-hydrogen) atoms. The van der Waals surface area contributed by atoms with Crippen molar-refractivity contribution < 1.29 is 32.3 Å². The van der Waals surface area contributed by atoms with Crippen molar-refractivity contribution in [1.29, 1.82) is 0 Å². The first-order valence-corrected chi connectivity index (χ1v) is 9.60. The molecule has 1 fully saturated rings. The predicted octanol–water partition coefficient (Wildman–Crippen LogP) is 2.25. The number of aromatic nitrogens is 2. The lowest BCUT2D eigenvalue weighted by atomic mass is 10.1. The number of hydrogen-bond donors (Lipinski definition) is 1. The maximum atomic E-state index is 13.5. The van der Waals surface area contributed by atoms with E-state index in [1.54, 1.807) is 13.8 Å². The lowest BCUT2D eigenvalue weighted by Crippen LogP contribution is -2.49. The second-order valence-electron chi connectivity index (χ2n) is 6.93. The second kappa shape index (κ2) is 8.78. The van der Waals surface area contributed by atoms with Gasteiger partial charge in [0.05, 0.1) is 30.6 Å². The molecule has 1 aromatic carbocycles. The van der Waals surface area contributed by atoms with Crippen LogP contribution in [-0.2, 0) is 9.53 Å². The number of ether oxygens (including phenoxy) is 1. The van der Waals surface area contributed by atoms with Gasteiger partial charge in [0, 0.05) is 18.7 Å². The third-order valence-electron chi connectivity index (χ3n) is 4.93. The number of rotatable bonds is 4. The van der Waals surface area contributed by atoms with Gasteiger partial charge in [-0.3, -0.25) is 9.59 Å². The van der Waals surface area contributed by atoms with Gasteiger partial charge < -0.3 is 15.0 Å². The lowest BCUT2D eigenvalue weighted by molar-refractivity contribution is -0.178. The fourth-order valence-electron chi connectivity index (χ4n) is 3.36. The van der Waals surface area contributed by atoms with Crippen LogP contribution in [0, 0.1) is 6.92 Å². The topological polar surface area (TPSA) is 93.5 Å². The Labute approximate surface area is 176 Å². The number of nitrogens with zero attached hydrogens (tertiary/aromatic N) is 3. The van der Waals surface area contributed by atoms with E-state index in [1.165, 1.54) is 35.1 Å². The summed E-state index contributed by atoms with van der Waals surface area (Å²) in [6, 6.07) is 3.62. The highest BCUT2D eigenvalue weighted by Gasteiger charge is 2.47. The van der Waals surface area contributed by atoms with Crippen LogP contribution in [-0.4, -0.2) is 64.4 Å². The van der Waals surface area contributed by atoms with E-state index in [4.69, 9.17) is 4.74 Å². The number of hydrogen-bond acceptors (Lipinski definition) is 5. The maximum Gasteiger partial charge on any atom is 0.409 e. The van der Waals surface area contributed by atoms with Crippen molar-refractivity contribution in [2.24, 2.45) is 0 Å². The number of halogens is 3. The average molecular weight is 438 g/mol. The van der Waals surface area contributed by atoms with Gasteiger partial charge in [0.1, 0.15) is 11.6 Å². The van der Waals surface area contributed by atoms with Crippen molar-refractivity contribution in [3.05, 3.63) is 47.3 Å². The fraction of sp³-hybridized carbons (Fsp3) is 0.400. The van der Waals surface area contributed by atoms with Gasteiger partial charge >= 0.3 is 12.1 Å². The molecule has 166 valence electrons. The van der Waals surface area contributed by atoms with Crippen LogP contribution < -0.4 is 5.32 Å². The van der Waals surface area contributed by atoms with Gasteiger partial charge in [0.2, 0.25) is 5.91 Å². The second-order valence-corrected chi connectivity index (χ2v) is 6.93. The molecule has 1 saturated heterocycles. The molecule has 0 unspecified atom stereocenters. The summed E-state index contributed by atoms with van der Waals surface area (Å²) in [5.41, 5.74) is 1.37. The minimum atomic E-state index is -4.73. The number of alkyl halides is 3. The van der Waals surface area contributed by atoms with Crippen molar-refractivity contribution in [3.8, 4) is 5.69 Å². The number of carbonyl (C=O) groups excluding carboxylic acids is 3. The summed E-state index contributed by atoms with van der Waals surface area (Å²) < 4.78 is 46.8. The van der Waals surface area contributed by atoms with Crippen molar-refractivity contribution in [3.63, 3.8) is 0 Å². The Morgan fingerprint density at radius 2 is 1.94 bits per heavy atom. The van der Waals surface area contributed by atoms with Crippen LogP contribution in [0.15, 0.2) is 30.5 Å². The molecule has 1 aliphatic rings. The summed E-state index contributed by atoms with van der Waals surface area (Å²) >= 11 is 0. The summed E-state index contributed by atoms with van der Waals surface area (Å²) in [6.45, 7) is 3.27. The molecule has 1 N–H and O–H groups in total. The number of amides is 2. The van der Waals surface area contributed by atoms with Crippen LogP contribution in [0.5, 0.6) is 0 Å². The van der Waals surface area contributed by atoms with Gasteiger partial charge in [-0.2, -0.15) is 18.3 Å². The molecule has 2 aromatic rings. The Bertz CT molecular complexity index is 985. The van der Waals surface area contributed by atoms with Crippen LogP contribution in [0.4, 0.5) is 13.2 Å². The number of carbonyl (C=O) groups is 3. The molecule has 11 heteroatoms. The van der Waals surface area contributed by atoms with Crippen molar-refractivity contribution in [2.45, 2.75) is 32.5 Å². The molecule has 8 nitrogen and oxygen atoms in total. The Morgan fingerprint density at radius 3 is 2.55 bits per heavy atom. The predicted molar refractivity (Wildman–Crippen MR) is 103 cm³/mol. The van der Waals surface area contributed by atoms with E-state index in [0.717, 1.165) is 0 Å². The fourth-order valence-corrected chi connectivity index (χ4v) is 3.36. The molecule has 0 radical (unpaired) electrons. The third kappa shape index (κ3) is 4.70. The van der Waals surface area contributed by atoms with Gasteiger partial charge in [0.15, 0.2) is 0 Å². The first-order chi connectivity index (χ1) is 14.6. The largest absolute Gasteiger partial charge is 0.462 e. The third-order valence-corrected chi connectivity index (χ3v) is 4.93. The molecule has 0 bridgehead atoms. The van der Waals surface area contributed by atoms with E-state index >= 15 is 0 Å². The zero-order valence-corrected chi connectivity index (χ0v) is 16.9. The monoisotopic (exact) mass is 438 g/mol. The van der Waals surface area contributed by atoms with E-state index in [-0.39, 0.29) is 30.8 Å². The molecule has 1 aromatic heterocycles. The van der Waals surface area contributed by atoms with Gasteiger partial charge in [-0.05, 0) is 38.1 Å². The summed E-state index contributed by atoms with van der Waals surface area (Å²) in [5, 5.41) is 6.50. The molecular formula is C20H21F3N4O4. The van der Waals surface area contributed by atoms with Crippen LogP contribution in [0.2, 0.25) is 0 Å². The van der Waals surface area contributed by atoms with E-state index in [2.05, 4.69) is 10.4 Å². The maximum absolute atomic E-state index is 13.5. The highest BCUT2D eigenvalue weighted by molar-refractivity contribution is 5.95. The number of benzene rings is 1. The molecule has 1 aliphatic heterocycles. The van der Waals surface area contributed by atoms with Crippen LogP contribution >= 0.6 is 0 Å². The molecule has 0 aliphatic carbocycles. The standard InChI is InChI=1S/C20H21F3N4O4/c1-3-31-19(30)15-11-25-27(12(15)2)14-6-4-13(5-7-14)18(29)26-9-8-24-17(28)10-16(26)20(21,22)23/h4-7,11,16H,3,8-10H2,1-2H3,(H,24,28)/t16-/m1/s1. The van der Waals surface area contributed by atoms with Crippen molar-refractivity contribution in [2.75, 3.05) is 19.7 Å². The average Bonchev–Trinajstić information content (AvgIpc) is 2.98. The first-order valence-electron chi connectivity index (χ1n) is 9.60. The Morgan fingerprint density at radius 1 is 1.26 bits per heavy atom. The molecule has 3 rings (SSSR count). The minimum absolute atomic E-state index is 0.0442. The normalized spacial score (nSPS) is 17.1. The minimum Gasteiger partial charge on any atom is -0.462 e. The molecule has 0 spiro atoms. The highest BCUT2D eigenvalue weighted by atomic mass is 19.4. The SMILES string of the molecule is CCOC(=O)c1cnn(-c2ccc(C(=O)N3CCNC(=O)C[C@@H]3C(F)(F)F)cc2)c1C. The van der Waals surface area contributed by atoms with Gasteiger partial charge in [0.25, 0.3) is 5.91 Å². The Balaban J connectivity index is 1.85. The van der Waals surface area contributed by atoms with E-state index in [1.807, 2.05) is 0 Å². The molecule has 2 amide bonds. The highest BCUT2D eigenvalue weighted by Crippen LogP contribution is 2.29. The van der Waals surface area contributed by atoms with Crippen LogP contribution in [0.3, 0.4) is 0 Å². The Hall–Kier alpha value is -3.37. The summed E-state index contributed by atoms with van der Waals surface area (Å²) in [5.74, 6) is -2.09. The molecule has 0 saturated carbocycles. The first kappa shape index (κ1) is 22.3. The number of esters is 1. The smallest absolute Gasteiger partial charge is 0.409 e. The van der Waals surface area contributed by atoms with Crippen molar-refractivity contribution in [1.82, 2.24) is 20.0 Å². The molecule has 1 atom stereocenters. The van der Waals surface area contributed by atoms with E-state index in [9.17, 15) is 27.6 Å². The van der Waals surface area contributed by atoms with E-state index in [0.29, 0.717) is 16.3 Å². The zero-order chi connectivity index (χ0) is 22.8. The van der Waals surface area contributed by atoms with Gasteiger partial charge in [-0.1, -0.05) is 0 Å². The van der Waals surface area contributed by atoms with Crippen molar-refractivity contribution >= 4 is 17.8 Å². The molecule has 2 heterocycles. The van der Waals surface area contributed by atoms with Gasteiger partial charge in [-0.25, -0.2) is 9.48 Å². The number of nitrogens with one attached hydrogen (secondary N) is 1. The van der Waals surface area contributed by atoms with Gasteiger partial charge in [-0.15, -0.1) is 0 Å². The van der Waals surface area contributed by atoms with Crippen LogP contribution in [0.25, 0.3) is 5.69 Å². The lowest BCUT2D eigenvalue weighted by Gasteiger charge is -2.30. The quantitative estimate of drug-likeness (QED) is 0.740.